The maximum Gasteiger partial charge on any atom is 0.343 e. The molecule has 158 valence electrons. The summed E-state index contributed by atoms with van der Waals surface area (Å²) < 4.78 is 15.1. The first kappa shape index (κ1) is 22.4. The Labute approximate surface area is 174 Å². The second-order valence-electron chi connectivity index (χ2n) is 6.06. The molecule has 0 heterocycles. The fraction of sp³-hybridized carbons (Fsp3) is 0.238. The molecule has 0 spiro atoms. The molecule has 0 saturated carbocycles. The molecule has 0 atom stereocenters. The lowest BCUT2D eigenvalue weighted by Crippen LogP contribution is -2.37. The molecule has 0 aliphatic rings. The number of nitrogens with zero attached hydrogens (tertiary/aromatic N) is 1. The van der Waals surface area contributed by atoms with E-state index in [9.17, 15) is 14.4 Å². The van der Waals surface area contributed by atoms with Crippen molar-refractivity contribution in [2.24, 2.45) is 5.10 Å². The molecule has 2 rings (SSSR count). The van der Waals surface area contributed by atoms with Gasteiger partial charge in [-0.15, -0.1) is 0 Å². The largest absolute Gasteiger partial charge is 0.484 e. The lowest BCUT2D eigenvalue weighted by Gasteiger charge is -2.08. The smallest absolute Gasteiger partial charge is 0.343 e. The van der Waals surface area contributed by atoms with Crippen LogP contribution in [0.25, 0.3) is 0 Å². The number of hydrogen-bond donors (Lipinski definition) is 2. The van der Waals surface area contributed by atoms with Crippen LogP contribution < -0.4 is 20.2 Å². The molecular weight excluding hydrogens is 390 g/mol. The van der Waals surface area contributed by atoms with Gasteiger partial charge in [-0.2, -0.15) is 5.10 Å². The van der Waals surface area contributed by atoms with Crippen LogP contribution in [0.2, 0.25) is 0 Å². The molecule has 9 nitrogen and oxygen atoms in total. The van der Waals surface area contributed by atoms with Crippen molar-refractivity contribution >= 4 is 24.0 Å². The van der Waals surface area contributed by atoms with Crippen molar-refractivity contribution in [2.45, 2.75) is 6.92 Å². The Morgan fingerprint density at radius 1 is 0.967 bits per heavy atom. The van der Waals surface area contributed by atoms with Crippen LogP contribution in [0.1, 0.15) is 11.1 Å². The molecule has 0 aromatic heterocycles. The van der Waals surface area contributed by atoms with E-state index in [0.717, 1.165) is 5.56 Å². The molecule has 0 fully saturated rings. The van der Waals surface area contributed by atoms with Gasteiger partial charge in [0.25, 0.3) is 11.8 Å². The number of aryl methyl sites for hydroxylation is 1. The molecule has 2 aromatic rings. The van der Waals surface area contributed by atoms with Gasteiger partial charge >= 0.3 is 5.97 Å². The Bertz CT molecular complexity index is 896. The van der Waals surface area contributed by atoms with Crippen molar-refractivity contribution in [3.8, 4) is 11.5 Å². The highest BCUT2D eigenvalue weighted by Crippen LogP contribution is 2.15. The lowest BCUT2D eigenvalue weighted by atomic mass is 10.2. The number of esters is 1. The minimum Gasteiger partial charge on any atom is -0.484 e. The van der Waals surface area contributed by atoms with E-state index in [1.807, 2.05) is 25.1 Å². The summed E-state index contributed by atoms with van der Waals surface area (Å²) in [4.78, 5) is 34.6. The Morgan fingerprint density at radius 3 is 2.40 bits per heavy atom. The van der Waals surface area contributed by atoms with Crippen LogP contribution in [-0.2, 0) is 19.1 Å². The highest BCUT2D eigenvalue weighted by Gasteiger charge is 2.07. The zero-order valence-electron chi connectivity index (χ0n) is 16.7. The van der Waals surface area contributed by atoms with Crippen LogP contribution in [0.5, 0.6) is 11.5 Å². The zero-order chi connectivity index (χ0) is 21.8. The Morgan fingerprint density at radius 2 is 1.70 bits per heavy atom. The number of methoxy groups -OCH3 is 1. The number of carbonyl (C=O) groups excluding carboxylic acids is 3. The van der Waals surface area contributed by atoms with E-state index < -0.39 is 17.8 Å². The first-order chi connectivity index (χ1) is 14.5. The molecular formula is C21H23N3O6. The molecule has 0 bridgehead atoms. The summed E-state index contributed by atoms with van der Waals surface area (Å²) in [5.41, 5.74) is 3.94. The standard InChI is InChI=1S/C21H23N3O6/c1-15-5-3-4-6-18(15)30-13-20(26)22-12-19(25)24-23-11-16-7-9-17(10-8-16)29-14-21(27)28-2/h3-11H,12-14H2,1-2H3,(H,22,26)(H,24,25). The van der Waals surface area contributed by atoms with E-state index in [2.05, 4.69) is 20.6 Å². The van der Waals surface area contributed by atoms with E-state index in [1.54, 1.807) is 30.3 Å². The molecule has 30 heavy (non-hydrogen) atoms. The second kappa shape index (κ2) is 11.8. The van der Waals surface area contributed by atoms with Crippen LogP contribution in [0, 0.1) is 6.92 Å². The Hall–Kier alpha value is -3.88. The fourth-order valence-electron chi connectivity index (χ4n) is 2.16. The van der Waals surface area contributed by atoms with Crippen LogP contribution in [0.3, 0.4) is 0 Å². The van der Waals surface area contributed by atoms with Crippen LogP contribution >= 0.6 is 0 Å². The van der Waals surface area contributed by atoms with Gasteiger partial charge in [0.15, 0.2) is 13.2 Å². The SMILES string of the molecule is COC(=O)COc1ccc(C=NNC(=O)CNC(=O)COc2ccccc2C)cc1. The predicted molar refractivity (Wildman–Crippen MR) is 109 cm³/mol. The molecule has 0 aliphatic heterocycles. The summed E-state index contributed by atoms with van der Waals surface area (Å²) in [7, 11) is 1.28. The van der Waals surface area contributed by atoms with Gasteiger partial charge < -0.3 is 19.5 Å². The Kier molecular flexibility index (Phi) is 8.85. The number of ether oxygens (including phenoxy) is 3. The molecule has 0 aliphatic carbocycles. The lowest BCUT2D eigenvalue weighted by molar-refractivity contribution is -0.142. The topological polar surface area (TPSA) is 115 Å². The zero-order valence-corrected chi connectivity index (χ0v) is 16.7. The minimum atomic E-state index is -0.478. The monoisotopic (exact) mass is 413 g/mol. The van der Waals surface area contributed by atoms with E-state index >= 15 is 0 Å². The summed E-state index contributed by atoms with van der Waals surface area (Å²) in [5.74, 6) is -0.258. The van der Waals surface area contributed by atoms with Crippen molar-refractivity contribution in [2.75, 3.05) is 26.9 Å². The van der Waals surface area contributed by atoms with Gasteiger partial charge in [-0.3, -0.25) is 9.59 Å². The van der Waals surface area contributed by atoms with Crippen LogP contribution in [0.15, 0.2) is 53.6 Å². The first-order valence-electron chi connectivity index (χ1n) is 9.04. The number of hydrogen-bond acceptors (Lipinski definition) is 7. The van der Waals surface area contributed by atoms with Gasteiger partial charge in [-0.05, 0) is 48.4 Å². The number of rotatable bonds is 10. The summed E-state index contributed by atoms with van der Waals surface area (Å²) >= 11 is 0. The number of hydrazone groups is 1. The summed E-state index contributed by atoms with van der Waals surface area (Å²) in [5, 5.41) is 6.27. The van der Waals surface area contributed by atoms with Gasteiger partial charge in [0.2, 0.25) is 0 Å². The third-order valence-electron chi connectivity index (χ3n) is 3.77. The molecule has 0 saturated heterocycles. The highest BCUT2D eigenvalue weighted by atomic mass is 16.6. The fourth-order valence-corrected chi connectivity index (χ4v) is 2.16. The van der Waals surface area contributed by atoms with E-state index in [4.69, 9.17) is 9.47 Å². The van der Waals surface area contributed by atoms with Gasteiger partial charge in [0.05, 0.1) is 19.9 Å². The van der Waals surface area contributed by atoms with E-state index in [-0.39, 0.29) is 19.8 Å². The average Bonchev–Trinajstić information content (AvgIpc) is 2.76. The van der Waals surface area contributed by atoms with E-state index in [1.165, 1.54) is 13.3 Å². The number of amides is 2. The number of para-hydroxylation sites is 1. The maximum absolute atomic E-state index is 11.8. The van der Waals surface area contributed by atoms with E-state index in [0.29, 0.717) is 17.1 Å². The second-order valence-corrected chi connectivity index (χ2v) is 6.06. The first-order valence-corrected chi connectivity index (χ1v) is 9.04. The van der Waals surface area contributed by atoms with Crippen molar-refractivity contribution in [3.05, 3.63) is 59.7 Å². The summed E-state index contributed by atoms with van der Waals surface area (Å²) in [6.45, 7) is 1.28. The van der Waals surface area contributed by atoms with Crippen molar-refractivity contribution < 1.29 is 28.6 Å². The molecule has 2 amide bonds. The Balaban J connectivity index is 1.67. The van der Waals surface area contributed by atoms with Crippen LogP contribution in [0.4, 0.5) is 0 Å². The molecule has 0 radical (unpaired) electrons. The summed E-state index contributed by atoms with van der Waals surface area (Å²) in [6, 6.07) is 14.0. The minimum absolute atomic E-state index is 0.179. The average molecular weight is 413 g/mol. The van der Waals surface area contributed by atoms with Gasteiger partial charge in [-0.25, -0.2) is 10.2 Å². The van der Waals surface area contributed by atoms with Crippen molar-refractivity contribution in [1.29, 1.82) is 0 Å². The van der Waals surface area contributed by atoms with Gasteiger partial charge in [0, 0.05) is 0 Å². The molecule has 9 heteroatoms. The van der Waals surface area contributed by atoms with Crippen LogP contribution in [-0.4, -0.2) is 50.9 Å². The predicted octanol–water partition coefficient (Wildman–Crippen LogP) is 1.19. The maximum atomic E-state index is 11.8. The highest BCUT2D eigenvalue weighted by molar-refractivity contribution is 5.86. The van der Waals surface area contributed by atoms with Gasteiger partial charge in [0.1, 0.15) is 11.5 Å². The summed E-state index contributed by atoms with van der Waals surface area (Å²) in [6.07, 6.45) is 1.44. The van der Waals surface area contributed by atoms with Crippen molar-refractivity contribution in [3.63, 3.8) is 0 Å². The molecule has 2 aromatic carbocycles. The molecule has 2 N–H and O–H groups in total. The number of benzene rings is 2. The van der Waals surface area contributed by atoms with Gasteiger partial charge in [-0.1, -0.05) is 18.2 Å². The van der Waals surface area contributed by atoms with Crippen molar-refractivity contribution in [1.82, 2.24) is 10.7 Å². The number of nitrogens with one attached hydrogen (secondary N) is 2. The third-order valence-corrected chi connectivity index (χ3v) is 3.77. The quantitative estimate of drug-likeness (QED) is 0.344. The normalized spacial score (nSPS) is 10.3. The third kappa shape index (κ3) is 8.01. The molecule has 0 unspecified atom stereocenters. The number of carbonyl (C=O) groups is 3.